The van der Waals surface area contributed by atoms with Gasteiger partial charge in [0.25, 0.3) is 0 Å². The third kappa shape index (κ3) is 3.66. The molecule has 3 N–H and O–H groups in total. The highest BCUT2D eigenvalue weighted by Crippen LogP contribution is 2.30. The fraction of sp³-hybridized carbons (Fsp3) is 0.462. The van der Waals surface area contributed by atoms with E-state index in [-0.39, 0.29) is 11.9 Å². The number of hydrogen-bond donors (Lipinski definition) is 2. The molecule has 1 atom stereocenters. The van der Waals surface area contributed by atoms with E-state index in [4.69, 9.17) is 15.9 Å². The quantitative estimate of drug-likeness (QED) is 0.464. The van der Waals surface area contributed by atoms with Crippen LogP contribution in [0.2, 0.25) is 0 Å². The van der Waals surface area contributed by atoms with Gasteiger partial charge in [0.2, 0.25) is 0 Å². The zero-order chi connectivity index (χ0) is 12.8. The van der Waals surface area contributed by atoms with Crippen molar-refractivity contribution in [1.82, 2.24) is 0 Å². The second-order valence-electron chi connectivity index (χ2n) is 3.81. The molecule has 94 valence electrons. The lowest BCUT2D eigenvalue weighted by molar-refractivity contribution is 0.216. The third-order valence-corrected chi connectivity index (χ3v) is 3.40. The fourth-order valence-corrected chi connectivity index (χ4v) is 2.29. The van der Waals surface area contributed by atoms with Crippen molar-refractivity contribution in [2.75, 3.05) is 5.75 Å². The Morgan fingerprint density at radius 1 is 1.47 bits per heavy atom. The van der Waals surface area contributed by atoms with Crippen LogP contribution in [0.4, 0.5) is 0 Å². The summed E-state index contributed by atoms with van der Waals surface area (Å²) in [5.74, 6) is 1.73. The van der Waals surface area contributed by atoms with E-state index in [9.17, 15) is 0 Å². The Bertz CT molecular complexity index is 393. The normalized spacial score (nSPS) is 12.2. The number of rotatable bonds is 6. The zero-order valence-electron chi connectivity index (χ0n) is 10.6. The first-order valence-electron chi connectivity index (χ1n) is 5.87. The molecule has 0 bridgehead atoms. The maximum Gasteiger partial charge on any atom is 0.131 e. The minimum Gasteiger partial charge on any atom is -0.490 e. The Balaban J connectivity index is 3.10. The molecule has 0 spiro atoms. The Morgan fingerprint density at radius 3 is 2.71 bits per heavy atom. The highest BCUT2D eigenvalue weighted by Gasteiger charge is 2.14. The van der Waals surface area contributed by atoms with Crippen LogP contribution in [0.1, 0.15) is 32.8 Å². The predicted molar refractivity (Wildman–Crippen MR) is 74.2 cm³/mol. The Kier molecular flexibility index (Phi) is 5.35. The van der Waals surface area contributed by atoms with E-state index >= 15 is 0 Å². The smallest absolute Gasteiger partial charge is 0.131 e. The first kappa shape index (κ1) is 13.9. The van der Waals surface area contributed by atoms with Crippen LogP contribution >= 0.6 is 11.8 Å². The topological polar surface area (TPSA) is 59.1 Å². The summed E-state index contributed by atoms with van der Waals surface area (Å²) in [5.41, 5.74) is 6.37. The molecular formula is C13H20N2OS. The van der Waals surface area contributed by atoms with Gasteiger partial charge < -0.3 is 10.5 Å². The average Bonchev–Trinajstić information content (AvgIpc) is 2.29. The maximum absolute atomic E-state index is 7.68. The van der Waals surface area contributed by atoms with Gasteiger partial charge in [0.05, 0.1) is 11.7 Å². The first-order valence-corrected chi connectivity index (χ1v) is 6.85. The SMILES string of the molecule is CCSc1cccc(OC(C)CC)c1C(=N)N. The van der Waals surface area contributed by atoms with E-state index in [0.29, 0.717) is 5.75 Å². The van der Waals surface area contributed by atoms with E-state index in [0.717, 1.165) is 22.6 Å². The molecule has 0 heterocycles. The lowest BCUT2D eigenvalue weighted by Crippen LogP contribution is -2.17. The van der Waals surface area contributed by atoms with Gasteiger partial charge in [0, 0.05) is 4.90 Å². The van der Waals surface area contributed by atoms with Gasteiger partial charge in [-0.3, -0.25) is 5.41 Å². The van der Waals surface area contributed by atoms with Gasteiger partial charge in [-0.05, 0) is 31.2 Å². The van der Waals surface area contributed by atoms with Crippen molar-refractivity contribution in [1.29, 1.82) is 5.41 Å². The summed E-state index contributed by atoms with van der Waals surface area (Å²) >= 11 is 1.68. The van der Waals surface area contributed by atoms with E-state index in [1.165, 1.54) is 0 Å². The van der Waals surface area contributed by atoms with Gasteiger partial charge in [-0.1, -0.05) is 19.9 Å². The second kappa shape index (κ2) is 6.55. The summed E-state index contributed by atoms with van der Waals surface area (Å²) < 4.78 is 5.81. The van der Waals surface area contributed by atoms with Crippen LogP contribution in [-0.4, -0.2) is 17.7 Å². The summed E-state index contributed by atoms with van der Waals surface area (Å²) in [5, 5.41) is 7.68. The Morgan fingerprint density at radius 2 is 2.18 bits per heavy atom. The van der Waals surface area contributed by atoms with Crippen LogP contribution in [0.25, 0.3) is 0 Å². The number of nitrogen functional groups attached to an aromatic ring is 1. The summed E-state index contributed by atoms with van der Waals surface area (Å²) in [4.78, 5) is 1.01. The molecule has 0 amide bonds. The third-order valence-electron chi connectivity index (χ3n) is 2.46. The van der Waals surface area contributed by atoms with Crippen molar-refractivity contribution < 1.29 is 4.74 Å². The number of hydrogen-bond acceptors (Lipinski definition) is 3. The van der Waals surface area contributed by atoms with Crippen molar-refractivity contribution in [3.8, 4) is 5.75 Å². The number of thioether (sulfide) groups is 1. The van der Waals surface area contributed by atoms with Crippen LogP contribution < -0.4 is 10.5 Å². The predicted octanol–water partition coefficient (Wildman–Crippen LogP) is 3.26. The highest BCUT2D eigenvalue weighted by atomic mass is 32.2. The lowest BCUT2D eigenvalue weighted by Gasteiger charge is -2.17. The molecule has 4 heteroatoms. The molecule has 0 fully saturated rings. The van der Waals surface area contributed by atoms with Crippen LogP contribution in [-0.2, 0) is 0 Å². The fourth-order valence-electron chi connectivity index (χ4n) is 1.45. The van der Waals surface area contributed by atoms with E-state index in [1.54, 1.807) is 11.8 Å². The molecule has 0 saturated carbocycles. The van der Waals surface area contributed by atoms with Gasteiger partial charge in [-0.25, -0.2) is 0 Å². The molecule has 1 aromatic carbocycles. The van der Waals surface area contributed by atoms with Crippen LogP contribution in [0.15, 0.2) is 23.1 Å². The number of nitrogens with two attached hydrogens (primary N) is 1. The molecule has 0 saturated heterocycles. The minimum absolute atomic E-state index is 0.0693. The molecular weight excluding hydrogens is 232 g/mol. The van der Waals surface area contributed by atoms with E-state index in [2.05, 4.69) is 13.8 Å². The largest absolute Gasteiger partial charge is 0.490 e. The number of benzene rings is 1. The maximum atomic E-state index is 7.68. The standard InChI is InChI=1S/C13H20N2OS/c1-4-9(3)16-10-7-6-8-11(17-5-2)12(10)13(14)15/h6-9H,4-5H2,1-3H3,(H3,14,15). The van der Waals surface area contributed by atoms with E-state index in [1.807, 2.05) is 25.1 Å². The summed E-state index contributed by atoms with van der Waals surface area (Å²) in [6.45, 7) is 6.17. The minimum atomic E-state index is 0.0693. The number of amidine groups is 1. The van der Waals surface area contributed by atoms with Gasteiger partial charge in [-0.2, -0.15) is 0 Å². The van der Waals surface area contributed by atoms with Crippen molar-refractivity contribution >= 4 is 17.6 Å². The van der Waals surface area contributed by atoms with Crippen molar-refractivity contribution in [2.45, 2.75) is 38.2 Å². The first-order chi connectivity index (χ1) is 8.10. The van der Waals surface area contributed by atoms with Crippen LogP contribution in [0.3, 0.4) is 0 Å². The van der Waals surface area contributed by atoms with Crippen molar-refractivity contribution in [2.24, 2.45) is 5.73 Å². The average molecular weight is 252 g/mol. The van der Waals surface area contributed by atoms with Crippen molar-refractivity contribution in [3.63, 3.8) is 0 Å². The highest BCUT2D eigenvalue weighted by molar-refractivity contribution is 7.99. The molecule has 0 radical (unpaired) electrons. The van der Waals surface area contributed by atoms with Gasteiger partial charge in [0.1, 0.15) is 11.6 Å². The Labute approximate surface area is 107 Å². The van der Waals surface area contributed by atoms with Crippen molar-refractivity contribution in [3.05, 3.63) is 23.8 Å². The number of nitrogens with one attached hydrogen (secondary N) is 1. The summed E-state index contributed by atoms with van der Waals surface area (Å²) in [6, 6.07) is 5.80. The van der Waals surface area contributed by atoms with Crippen LogP contribution in [0.5, 0.6) is 5.75 Å². The molecule has 3 nitrogen and oxygen atoms in total. The van der Waals surface area contributed by atoms with Gasteiger partial charge >= 0.3 is 0 Å². The monoisotopic (exact) mass is 252 g/mol. The molecule has 1 unspecified atom stereocenters. The molecule has 0 aliphatic carbocycles. The molecule has 17 heavy (non-hydrogen) atoms. The molecule has 0 aromatic heterocycles. The lowest BCUT2D eigenvalue weighted by atomic mass is 10.2. The van der Waals surface area contributed by atoms with E-state index < -0.39 is 0 Å². The molecule has 1 aromatic rings. The van der Waals surface area contributed by atoms with Crippen LogP contribution in [0, 0.1) is 5.41 Å². The molecule has 0 aliphatic heterocycles. The zero-order valence-corrected chi connectivity index (χ0v) is 11.4. The van der Waals surface area contributed by atoms with Gasteiger partial charge in [-0.15, -0.1) is 11.8 Å². The Hall–Kier alpha value is -1.16. The summed E-state index contributed by atoms with van der Waals surface area (Å²) in [7, 11) is 0. The number of ether oxygens (including phenoxy) is 1. The summed E-state index contributed by atoms with van der Waals surface area (Å²) in [6.07, 6.45) is 1.07. The molecule has 0 aliphatic rings. The molecule has 1 rings (SSSR count). The van der Waals surface area contributed by atoms with Gasteiger partial charge in [0.15, 0.2) is 0 Å². The second-order valence-corrected chi connectivity index (χ2v) is 5.12.